The van der Waals surface area contributed by atoms with Crippen molar-refractivity contribution in [2.75, 3.05) is 19.8 Å². The standard InChI is InChI=1S/C13H20N2O3/c1-2-6-17-11(3-1)9-12-14-13(18-15-12)10-4-7-16-8-5-10/h10-11H,1-9H2/t11-/m0/s1. The highest BCUT2D eigenvalue weighted by Crippen LogP contribution is 2.25. The van der Waals surface area contributed by atoms with Crippen molar-refractivity contribution in [3.63, 3.8) is 0 Å². The number of aromatic nitrogens is 2. The molecular formula is C13H20N2O3. The van der Waals surface area contributed by atoms with Crippen molar-refractivity contribution in [1.82, 2.24) is 10.1 Å². The van der Waals surface area contributed by atoms with Gasteiger partial charge in [-0.05, 0) is 32.1 Å². The summed E-state index contributed by atoms with van der Waals surface area (Å²) < 4.78 is 16.4. The third kappa shape index (κ3) is 2.90. The van der Waals surface area contributed by atoms with E-state index in [1.165, 1.54) is 12.8 Å². The van der Waals surface area contributed by atoms with E-state index >= 15 is 0 Å². The van der Waals surface area contributed by atoms with Crippen molar-refractivity contribution in [3.8, 4) is 0 Å². The van der Waals surface area contributed by atoms with Gasteiger partial charge in [-0.1, -0.05) is 5.16 Å². The smallest absolute Gasteiger partial charge is 0.229 e. The Balaban J connectivity index is 1.58. The molecule has 100 valence electrons. The van der Waals surface area contributed by atoms with E-state index in [9.17, 15) is 0 Å². The monoisotopic (exact) mass is 252 g/mol. The molecule has 0 amide bonds. The van der Waals surface area contributed by atoms with E-state index in [4.69, 9.17) is 14.0 Å². The molecule has 3 heterocycles. The summed E-state index contributed by atoms with van der Waals surface area (Å²) in [5, 5.41) is 4.08. The Morgan fingerprint density at radius 1 is 1.06 bits per heavy atom. The third-order valence-corrected chi connectivity index (χ3v) is 3.74. The fourth-order valence-corrected chi connectivity index (χ4v) is 2.63. The van der Waals surface area contributed by atoms with Gasteiger partial charge in [0.15, 0.2) is 5.82 Å². The minimum atomic E-state index is 0.277. The summed E-state index contributed by atoms with van der Waals surface area (Å²) in [6, 6.07) is 0. The van der Waals surface area contributed by atoms with Crippen molar-refractivity contribution in [2.45, 2.75) is 50.5 Å². The first kappa shape index (κ1) is 12.1. The van der Waals surface area contributed by atoms with E-state index < -0.39 is 0 Å². The van der Waals surface area contributed by atoms with Gasteiger partial charge in [-0.15, -0.1) is 0 Å². The van der Waals surface area contributed by atoms with Crippen LogP contribution in [0.1, 0.15) is 49.7 Å². The summed E-state index contributed by atoms with van der Waals surface area (Å²) in [7, 11) is 0. The summed E-state index contributed by atoms with van der Waals surface area (Å²) in [6.07, 6.45) is 6.57. The fraction of sp³-hybridized carbons (Fsp3) is 0.846. The molecule has 18 heavy (non-hydrogen) atoms. The molecule has 2 aliphatic rings. The average Bonchev–Trinajstić information content (AvgIpc) is 2.89. The van der Waals surface area contributed by atoms with Gasteiger partial charge in [0, 0.05) is 32.2 Å². The van der Waals surface area contributed by atoms with Gasteiger partial charge in [0.2, 0.25) is 5.89 Å². The van der Waals surface area contributed by atoms with Gasteiger partial charge in [-0.2, -0.15) is 4.98 Å². The van der Waals surface area contributed by atoms with Crippen molar-refractivity contribution in [3.05, 3.63) is 11.7 Å². The molecule has 5 heteroatoms. The largest absolute Gasteiger partial charge is 0.381 e. The zero-order valence-electron chi connectivity index (χ0n) is 10.6. The van der Waals surface area contributed by atoms with E-state index in [1.54, 1.807) is 0 Å². The fourth-order valence-electron chi connectivity index (χ4n) is 2.63. The molecule has 0 aliphatic carbocycles. The quantitative estimate of drug-likeness (QED) is 0.824. The molecule has 2 aliphatic heterocycles. The lowest BCUT2D eigenvalue weighted by Crippen LogP contribution is -2.22. The maximum Gasteiger partial charge on any atom is 0.229 e. The Bertz CT molecular complexity index is 368. The summed E-state index contributed by atoms with van der Waals surface area (Å²) in [6.45, 7) is 2.47. The number of rotatable bonds is 3. The van der Waals surface area contributed by atoms with Crippen LogP contribution >= 0.6 is 0 Å². The summed E-state index contributed by atoms with van der Waals surface area (Å²) in [5.74, 6) is 1.96. The molecule has 5 nitrogen and oxygen atoms in total. The van der Waals surface area contributed by atoms with Crippen LogP contribution in [0.5, 0.6) is 0 Å². The van der Waals surface area contributed by atoms with Gasteiger partial charge in [0.05, 0.1) is 6.10 Å². The molecule has 0 N–H and O–H groups in total. The number of ether oxygens (including phenoxy) is 2. The lowest BCUT2D eigenvalue weighted by atomic mass is 10.0. The second kappa shape index (κ2) is 5.80. The van der Waals surface area contributed by atoms with Crippen LogP contribution in [0.25, 0.3) is 0 Å². The maximum atomic E-state index is 5.69. The topological polar surface area (TPSA) is 57.4 Å². The van der Waals surface area contributed by atoms with Crippen LogP contribution in [0, 0.1) is 0 Å². The van der Waals surface area contributed by atoms with Gasteiger partial charge >= 0.3 is 0 Å². The van der Waals surface area contributed by atoms with E-state index in [1.807, 2.05) is 0 Å². The van der Waals surface area contributed by atoms with Crippen LogP contribution in [-0.4, -0.2) is 36.1 Å². The maximum absolute atomic E-state index is 5.69. The predicted molar refractivity (Wildman–Crippen MR) is 64.4 cm³/mol. The molecular weight excluding hydrogens is 232 g/mol. The Hall–Kier alpha value is -0.940. The zero-order valence-corrected chi connectivity index (χ0v) is 10.6. The highest BCUT2D eigenvalue weighted by molar-refractivity contribution is 4.96. The second-order valence-corrected chi connectivity index (χ2v) is 5.13. The molecule has 0 saturated carbocycles. The van der Waals surface area contributed by atoms with E-state index in [2.05, 4.69) is 10.1 Å². The Labute approximate surface area is 107 Å². The highest BCUT2D eigenvalue weighted by Gasteiger charge is 2.23. The molecule has 1 aromatic rings. The Morgan fingerprint density at radius 2 is 1.94 bits per heavy atom. The van der Waals surface area contributed by atoms with Crippen molar-refractivity contribution < 1.29 is 14.0 Å². The van der Waals surface area contributed by atoms with Crippen LogP contribution in [-0.2, 0) is 15.9 Å². The third-order valence-electron chi connectivity index (χ3n) is 3.74. The lowest BCUT2D eigenvalue weighted by molar-refractivity contribution is 0.0153. The van der Waals surface area contributed by atoms with Gasteiger partial charge in [-0.3, -0.25) is 0 Å². The van der Waals surface area contributed by atoms with E-state index in [0.717, 1.165) is 57.2 Å². The van der Waals surface area contributed by atoms with Crippen LogP contribution in [0.2, 0.25) is 0 Å². The minimum Gasteiger partial charge on any atom is -0.381 e. The molecule has 2 fully saturated rings. The normalized spacial score (nSPS) is 26.3. The number of nitrogens with zero attached hydrogens (tertiary/aromatic N) is 2. The molecule has 1 aromatic heterocycles. The molecule has 0 spiro atoms. The SMILES string of the molecule is C1CC[C@@H](Cc2noc(C3CCOCC3)n2)OC1. The van der Waals surface area contributed by atoms with Gasteiger partial charge in [0.25, 0.3) is 0 Å². The number of hydrogen-bond acceptors (Lipinski definition) is 5. The van der Waals surface area contributed by atoms with Crippen LogP contribution in [0.3, 0.4) is 0 Å². The lowest BCUT2D eigenvalue weighted by Gasteiger charge is -2.21. The first-order valence-electron chi connectivity index (χ1n) is 6.93. The molecule has 2 saturated heterocycles. The summed E-state index contributed by atoms with van der Waals surface area (Å²) in [5.41, 5.74) is 0. The molecule has 0 unspecified atom stereocenters. The predicted octanol–water partition coefficient (Wildman–Crippen LogP) is 2.08. The van der Waals surface area contributed by atoms with Gasteiger partial charge in [-0.25, -0.2) is 0 Å². The van der Waals surface area contributed by atoms with Crippen molar-refractivity contribution >= 4 is 0 Å². The van der Waals surface area contributed by atoms with Crippen LogP contribution in [0.4, 0.5) is 0 Å². The minimum absolute atomic E-state index is 0.277. The number of hydrogen-bond donors (Lipinski definition) is 0. The van der Waals surface area contributed by atoms with Crippen LogP contribution in [0.15, 0.2) is 4.52 Å². The van der Waals surface area contributed by atoms with Crippen LogP contribution < -0.4 is 0 Å². The Morgan fingerprint density at radius 3 is 2.72 bits per heavy atom. The highest BCUT2D eigenvalue weighted by atomic mass is 16.5. The molecule has 1 atom stereocenters. The molecule has 0 radical (unpaired) electrons. The first-order valence-corrected chi connectivity index (χ1v) is 6.93. The van der Waals surface area contributed by atoms with Gasteiger partial charge in [0.1, 0.15) is 0 Å². The van der Waals surface area contributed by atoms with E-state index in [-0.39, 0.29) is 6.10 Å². The van der Waals surface area contributed by atoms with Gasteiger partial charge < -0.3 is 14.0 Å². The molecule has 0 aromatic carbocycles. The van der Waals surface area contributed by atoms with E-state index in [0.29, 0.717) is 5.92 Å². The summed E-state index contributed by atoms with van der Waals surface area (Å²) in [4.78, 5) is 4.51. The zero-order chi connectivity index (χ0) is 12.2. The first-order chi connectivity index (χ1) is 8.92. The second-order valence-electron chi connectivity index (χ2n) is 5.13. The average molecular weight is 252 g/mol. The van der Waals surface area contributed by atoms with Crippen molar-refractivity contribution in [2.24, 2.45) is 0 Å². The Kier molecular flexibility index (Phi) is 3.90. The molecule has 3 rings (SSSR count). The summed E-state index contributed by atoms with van der Waals surface area (Å²) >= 11 is 0. The van der Waals surface area contributed by atoms with Crippen molar-refractivity contribution in [1.29, 1.82) is 0 Å². The molecule has 0 bridgehead atoms.